The van der Waals surface area contributed by atoms with Gasteiger partial charge in [-0.2, -0.15) is 0 Å². The van der Waals surface area contributed by atoms with Crippen LogP contribution in [0.25, 0.3) is 0 Å². The number of hydrogen-bond donors (Lipinski definition) is 2. The fourth-order valence-electron chi connectivity index (χ4n) is 2.36. The quantitative estimate of drug-likeness (QED) is 0.873. The van der Waals surface area contributed by atoms with Gasteiger partial charge < -0.3 is 16.4 Å². The van der Waals surface area contributed by atoms with E-state index in [0.717, 1.165) is 25.9 Å². The molecule has 1 aliphatic rings. The molecule has 0 aromatic heterocycles. The van der Waals surface area contributed by atoms with Crippen LogP contribution in [0.3, 0.4) is 0 Å². The minimum atomic E-state index is -0.517. The van der Waals surface area contributed by atoms with Crippen molar-refractivity contribution in [1.82, 2.24) is 4.90 Å². The third-order valence-electron chi connectivity index (χ3n) is 3.63. The lowest BCUT2D eigenvalue weighted by Crippen LogP contribution is -2.40. The molecular formula is C14H20ClN3O2. The molecule has 2 rings (SSSR count). The van der Waals surface area contributed by atoms with Crippen molar-refractivity contribution in [2.75, 3.05) is 19.6 Å². The van der Waals surface area contributed by atoms with Crippen LogP contribution in [0.15, 0.2) is 24.3 Å². The van der Waals surface area contributed by atoms with Crippen LogP contribution < -0.4 is 11.5 Å². The molecule has 0 aliphatic carbocycles. The molecule has 1 saturated heterocycles. The molecule has 5 nitrogen and oxygen atoms in total. The molecule has 4 N–H and O–H groups in total. The van der Waals surface area contributed by atoms with E-state index in [1.807, 2.05) is 4.90 Å². The van der Waals surface area contributed by atoms with Gasteiger partial charge in [-0.15, -0.1) is 12.4 Å². The Balaban J connectivity index is 0.00000200. The normalized spacial score (nSPS) is 15.6. The van der Waals surface area contributed by atoms with Gasteiger partial charge >= 0.3 is 0 Å². The minimum Gasteiger partial charge on any atom is -0.366 e. The molecule has 1 aromatic rings. The first-order valence-corrected chi connectivity index (χ1v) is 6.51. The Hall–Kier alpha value is -1.59. The van der Waals surface area contributed by atoms with E-state index in [1.165, 1.54) is 0 Å². The van der Waals surface area contributed by atoms with E-state index in [1.54, 1.807) is 24.3 Å². The third kappa shape index (κ3) is 3.71. The second kappa shape index (κ2) is 7.26. The highest BCUT2D eigenvalue weighted by molar-refractivity contribution is 5.99. The zero-order valence-electron chi connectivity index (χ0n) is 11.2. The first-order valence-electron chi connectivity index (χ1n) is 6.51. The summed E-state index contributed by atoms with van der Waals surface area (Å²) in [6.07, 6.45) is 1.88. The predicted octanol–water partition coefficient (Wildman–Crippen LogP) is 1.02. The largest absolute Gasteiger partial charge is 0.366 e. The number of rotatable bonds is 3. The summed E-state index contributed by atoms with van der Waals surface area (Å²) in [5, 5.41) is 0. The molecule has 1 fully saturated rings. The smallest absolute Gasteiger partial charge is 0.253 e. The minimum absolute atomic E-state index is 0. The van der Waals surface area contributed by atoms with Crippen molar-refractivity contribution in [2.45, 2.75) is 12.8 Å². The Kier molecular flexibility index (Phi) is 5.98. The van der Waals surface area contributed by atoms with E-state index in [4.69, 9.17) is 11.5 Å². The molecule has 110 valence electrons. The van der Waals surface area contributed by atoms with Gasteiger partial charge in [0.05, 0.1) is 0 Å². The van der Waals surface area contributed by atoms with E-state index >= 15 is 0 Å². The zero-order valence-corrected chi connectivity index (χ0v) is 12.1. The summed E-state index contributed by atoms with van der Waals surface area (Å²) in [4.78, 5) is 25.2. The molecule has 0 atom stereocenters. The molecule has 0 unspecified atom stereocenters. The highest BCUT2D eigenvalue weighted by Gasteiger charge is 2.23. The van der Waals surface area contributed by atoms with Gasteiger partial charge in [-0.1, -0.05) is 6.07 Å². The summed E-state index contributed by atoms with van der Waals surface area (Å²) >= 11 is 0. The van der Waals surface area contributed by atoms with Crippen molar-refractivity contribution >= 4 is 24.2 Å². The summed E-state index contributed by atoms with van der Waals surface area (Å²) in [6, 6.07) is 6.56. The van der Waals surface area contributed by atoms with Crippen molar-refractivity contribution in [2.24, 2.45) is 17.4 Å². The lowest BCUT2D eigenvalue weighted by molar-refractivity contribution is 0.0693. The summed E-state index contributed by atoms with van der Waals surface area (Å²) < 4.78 is 0. The van der Waals surface area contributed by atoms with Gasteiger partial charge in [0.15, 0.2) is 0 Å². The fourth-order valence-corrected chi connectivity index (χ4v) is 2.36. The highest BCUT2D eigenvalue weighted by Crippen LogP contribution is 2.18. The summed E-state index contributed by atoms with van der Waals surface area (Å²) in [5.74, 6) is -0.0453. The van der Waals surface area contributed by atoms with Crippen LogP contribution in [0.5, 0.6) is 0 Å². The van der Waals surface area contributed by atoms with Gasteiger partial charge in [0.1, 0.15) is 0 Å². The van der Waals surface area contributed by atoms with E-state index in [2.05, 4.69) is 0 Å². The SMILES string of the molecule is Cl.NCC1CCN(C(=O)c2cccc(C(N)=O)c2)CC1. The van der Waals surface area contributed by atoms with Crippen LogP contribution in [0.1, 0.15) is 33.6 Å². The number of nitrogens with two attached hydrogens (primary N) is 2. The second-order valence-electron chi connectivity index (χ2n) is 4.92. The summed E-state index contributed by atoms with van der Waals surface area (Å²) in [7, 11) is 0. The van der Waals surface area contributed by atoms with Crippen molar-refractivity contribution in [3.63, 3.8) is 0 Å². The maximum atomic E-state index is 12.3. The average Bonchev–Trinajstić information content (AvgIpc) is 2.46. The van der Waals surface area contributed by atoms with Gasteiger partial charge in [-0.25, -0.2) is 0 Å². The van der Waals surface area contributed by atoms with Crippen molar-refractivity contribution < 1.29 is 9.59 Å². The molecule has 20 heavy (non-hydrogen) atoms. The van der Waals surface area contributed by atoms with Crippen molar-refractivity contribution in [3.05, 3.63) is 35.4 Å². The number of primary amides is 1. The van der Waals surface area contributed by atoms with E-state index in [-0.39, 0.29) is 18.3 Å². The number of piperidine rings is 1. The van der Waals surface area contributed by atoms with Crippen molar-refractivity contribution in [3.8, 4) is 0 Å². The number of carbonyl (C=O) groups excluding carboxylic acids is 2. The average molecular weight is 298 g/mol. The first-order chi connectivity index (χ1) is 9.11. The summed E-state index contributed by atoms with van der Waals surface area (Å²) in [5.41, 5.74) is 11.7. The predicted molar refractivity (Wildman–Crippen MR) is 79.9 cm³/mol. The molecule has 0 saturated carbocycles. The van der Waals surface area contributed by atoms with Gasteiger partial charge in [-0.3, -0.25) is 9.59 Å². The van der Waals surface area contributed by atoms with Crippen molar-refractivity contribution in [1.29, 1.82) is 0 Å². The number of amides is 2. The second-order valence-corrected chi connectivity index (χ2v) is 4.92. The molecule has 1 aliphatic heterocycles. The maximum absolute atomic E-state index is 12.3. The monoisotopic (exact) mass is 297 g/mol. The van der Waals surface area contributed by atoms with Gasteiger partial charge in [0.2, 0.25) is 5.91 Å². The van der Waals surface area contributed by atoms with Gasteiger partial charge in [0.25, 0.3) is 5.91 Å². The standard InChI is InChI=1S/C14H19N3O2.ClH/c15-9-10-4-6-17(7-5-10)14(19)12-3-1-2-11(8-12)13(16)18;/h1-3,8,10H,4-7,9,15H2,(H2,16,18);1H. The molecule has 0 bridgehead atoms. The summed E-state index contributed by atoms with van der Waals surface area (Å²) in [6.45, 7) is 2.13. The lowest BCUT2D eigenvalue weighted by atomic mass is 9.96. The van der Waals surface area contributed by atoms with Crippen LogP contribution in [0.2, 0.25) is 0 Å². The van der Waals surface area contributed by atoms with Crippen LogP contribution in [0.4, 0.5) is 0 Å². The van der Waals surface area contributed by atoms with E-state index in [0.29, 0.717) is 23.6 Å². The molecule has 1 heterocycles. The zero-order chi connectivity index (χ0) is 13.8. The lowest BCUT2D eigenvalue weighted by Gasteiger charge is -2.31. The van der Waals surface area contributed by atoms with E-state index in [9.17, 15) is 9.59 Å². The number of halogens is 1. The highest BCUT2D eigenvalue weighted by atomic mass is 35.5. The molecule has 0 radical (unpaired) electrons. The third-order valence-corrected chi connectivity index (χ3v) is 3.63. The van der Waals surface area contributed by atoms with Crippen LogP contribution in [0, 0.1) is 5.92 Å². The maximum Gasteiger partial charge on any atom is 0.253 e. The molecule has 1 aromatic carbocycles. The van der Waals surface area contributed by atoms with Crippen LogP contribution in [-0.4, -0.2) is 36.3 Å². The van der Waals surface area contributed by atoms with E-state index < -0.39 is 5.91 Å². The number of hydrogen-bond acceptors (Lipinski definition) is 3. The molecule has 2 amide bonds. The number of benzene rings is 1. The molecule has 0 spiro atoms. The Morgan fingerprint density at radius 2 is 1.80 bits per heavy atom. The number of carbonyl (C=O) groups is 2. The Bertz CT molecular complexity index is 485. The van der Waals surface area contributed by atoms with Gasteiger partial charge in [-0.05, 0) is 43.5 Å². The Labute approximate surface area is 124 Å². The number of likely N-dealkylation sites (tertiary alicyclic amines) is 1. The molecule has 6 heteroatoms. The Morgan fingerprint density at radius 1 is 1.20 bits per heavy atom. The van der Waals surface area contributed by atoms with Crippen LogP contribution >= 0.6 is 12.4 Å². The van der Waals surface area contributed by atoms with Crippen LogP contribution in [-0.2, 0) is 0 Å². The first kappa shape index (κ1) is 16.5. The topological polar surface area (TPSA) is 89.4 Å². The number of nitrogens with zero attached hydrogens (tertiary/aromatic N) is 1. The molecular weight excluding hydrogens is 278 g/mol. The fraction of sp³-hybridized carbons (Fsp3) is 0.429. The Morgan fingerprint density at radius 3 is 2.35 bits per heavy atom. The van der Waals surface area contributed by atoms with Gasteiger partial charge in [0, 0.05) is 24.2 Å².